The minimum absolute atomic E-state index is 0. The number of hydrogen-bond acceptors (Lipinski definition) is 8. The van der Waals surface area contributed by atoms with Crippen molar-refractivity contribution in [2.75, 3.05) is 65.0 Å². The van der Waals surface area contributed by atoms with E-state index >= 15 is 0 Å². The van der Waals surface area contributed by atoms with Gasteiger partial charge in [0.25, 0.3) is 0 Å². The second kappa shape index (κ2) is 33.0. The molecule has 4 aromatic rings. The summed E-state index contributed by atoms with van der Waals surface area (Å²) >= 11 is 0. The van der Waals surface area contributed by atoms with Crippen LogP contribution in [0.1, 0.15) is 61.1 Å². The van der Waals surface area contributed by atoms with Crippen molar-refractivity contribution in [2.45, 2.75) is 67.5 Å². The monoisotopic (exact) mass is 1260 g/mol. The number of nitrogens with one attached hydrogen (secondary N) is 4. The van der Waals surface area contributed by atoms with Gasteiger partial charge in [0.05, 0.1) is 21.8 Å². The molecule has 0 radical (unpaired) electrons. The van der Waals surface area contributed by atoms with E-state index in [9.17, 15) is 10.2 Å². The Bertz CT molecular complexity index is 3960. The molecule has 4 aliphatic carbocycles. The van der Waals surface area contributed by atoms with Crippen molar-refractivity contribution in [1.82, 2.24) is 9.80 Å². The number of anilines is 2. The van der Waals surface area contributed by atoms with Crippen molar-refractivity contribution in [3.05, 3.63) is 263 Å². The fourth-order valence-electron chi connectivity index (χ4n) is 10.9. The summed E-state index contributed by atoms with van der Waals surface area (Å²) in [7, 11) is 8.22. The minimum Gasteiger partial charge on any atom is -0.460 e. The third-order valence-corrected chi connectivity index (χ3v) is 15.4. The number of aryl methyl sites for hydroxylation is 4. The summed E-state index contributed by atoms with van der Waals surface area (Å²) in [6.45, 7) is 19.5. The molecule has 6 aliphatic rings. The number of benzene rings is 6. The van der Waals surface area contributed by atoms with Crippen molar-refractivity contribution < 1.29 is 46.3 Å². The maximum absolute atomic E-state index is 11.3. The van der Waals surface area contributed by atoms with E-state index in [1.807, 2.05) is 98.8 Å². The predicted octanol–water partition coefficient (Wildman–Crippen LogP) is 13.6. The van der Waals surface area contributed by atoms with E-state index in [0.717, 1.165) is 135 Å². The van der Waals surface area contributed by atoms with Gasteiger partial charge in [0.1, 0.15) is 22.7 Å². The number of allylic oxidation sites excluding steroid dienone is 10. The molecular formula is C76H88FeN10O4+2. The predicted molar refractivity (Wildman–Crippen MR) is 377 cm³/mol. The van der Waals surface area contributed by atoms with E-state index in [4.69, 9.17) is 8.83 Å². The van der Waals surface area contributed by atoms with E-state index in [0.29, 0.717) is 36.3 Å². The normalized spacial score (nSPS) is 15.2. The SMILES string of the molecule is CCN=c1cc2oc3cc(NCC)c(C)cc3c(-c3ccccc3/C(O)=[NH+]/[N-]/C=C\C=C3C=CC(N(C)C)C=C3)c-2cc1C.CCN=c1cc2oc3cc(NCC)c(C)cc3c(-c3ccccc3/C(O)=[NH+]/[N-]/C=C\C=C3C=CC(N(C)C)C=C3)c-2cc1C.[CH3-].[CH3-].[Fe+4]. The van der Waals surface area contributed by atoms with Crippen LogP contribution >= 0.6 is 0 Å². The maximum atomic E-state index is 11.3. The van der Waals surface area contributed by atoms with Crippen molar-refractivity contribution in [3.63, 3.8) is 0 Å². The van der Waals surface area contributed by atoms with Crippen molar-refractivity contribution in [2.24, 2.45) is 9.98 Å². The summed E-state index contributed by atoms with van der Waals surface area (Å²) in [5, 5.41) is 38.8. The standard InChI is InChI=1S/2C37H41N5O2.2CH3.Fe/c2*1-7-38-32-22-34-30(20-24(32)3)36(31-21-25(4)33(39-8-2)23-35(31)44-34)28-13-9-10-14-29(28)37(43)41-40-19-11-12-26-15-17-27(18-16-26)42(5)6;;;/h2*9-23,27,41H,7-8H2,1-6H3,(H2-,38,39,40,43);2*1H3;/q;;2*-1;+4/b2*19-11-,26-12?;;;. The molecule has 472 valence electrons. The van der Waals surface area contributed by atoms with Crippen LogP contribution < -0.4 is 31.6 Å². The molecule has 0 atom stereocenters. The molecular weight excluding hydrogens is 1170 g/mol. The molecule has 6 N–H and O–H groups in total. The number of fused-ring (bicyclic) bond motifs is 4. The second-order valence-corrected chi connectivity index (χ2v) is 22.2. The molecule has 2 aliphatic heterocycles. The molecule has 0 spiro atoms. The smallest absolute Gasteiger partial charge is 0.460 e. The molecule has 0 saturated carbocycles. The molecule has 0 unspecified atom stereocenters. The van der Waals surface area contributed by atoms with E-state index in [1.54, 1.807) is 12.4 Å². The third-order valence-electron chi connectivity index (χ3n) is 15.4. The number of aliphatic hydroxyl groups is 2. The Balaban J connectivity index is 0.000000280. The molecule has 0 aromatic heterocycles. The third kappa shape index (κ3) is 16.8. The molecule has 0 bridgehead atoms. The van der Waals surface area contributed by atoms with Crippen LogP contribution in [0.3, 0.4) is 0 Å². The van der Waals surface area contributed by atoms with Crippen LogP contribution in [0, 0.1) is 42.5 Å². The summed E-state index contributed by atoms with van der Waals surface area (Å²) in [5.41, 5.74) is 25.5. The van der Waals surface area contributed by atoms with Gasteiger partial charge in [0.15, 0.2) is 0 Å². The summed E-state index contributed by atoms with van der Waals surface area (Å²) < 4.78 is 13.0. The van der Waals surface area contributed by atoms with Gasteiger partial charge in [0.2, 0.25) is 0 Å². The van der Waals surface area contributed by atoms with Crippen molar-refractivity contribution in [1.29, 1.82) is 0 Å². The fraction of sp³-hybridized carbons (Fsp3) is 0.237. The zero-order valence-electron chi connectivity index (χ0n) is 55.1. The molecule has 4 aromatic carbocycles. The van der Waals surface area contributed by atoms with Crippen LogP contribution in [-0.2, 0) is 17.1 Å². The Labute approximate surface area is 548 Å². The van der Waals surface area contributed by atoms with Gasteiger partial charge in [-0.15, -0.1) is 12.4 Å². The van der Waals surface area contributed by atoms with Crippen LogP contribution in [0.4, 0.5) is 11.4 Å². The van der Waals surface area contributed by atoms with Gasteiger partial charge in [0, 0.05) is 118 Å². The average molecular weight is 1260 g/mol. The average Bonchev–Trinajstić information content (AvgIpc) is 0.795. The Kier molecular flexibility index (Phi) is 25.7. The maximum Gasteiger partial charge on any atom is 4.00 e. The van der Waals surface area contributed by atoms with Gasteiger partial charge < -0.3 is 55.4 Å². The van der Waals surface area contributed by atoms with Crippen LogP contribution in [0.15, 0.2) is 212 Å². The molecule has 10 rings (SSSR count). The van der Waals surface area contributed by atoms with Gasteiger partial charge in [-0.1, -0.05) is 109 Å². The number of hydrogen-bond donors (Lipinski definition) is 6. The minimum atomic E-state index is -0.0402. The second-order valence-electron chi connectivity index (χ2n) is 22.2. The molecule has 0 fully saturated rings. The molecule has 91 heavy (non-hydrogen) atoms. The molecule has 14 nitrogen and oxygen atoms in total. The van der Waals surface area contributed by atoms with Gasteiger partial charge >= 0.3 is 28.9 Å². The van der Waals surface area contributed by atoms with E-state index in [1.165, 1.54) is 0 Å². The summed E-state index contributed by atoms with van der Waals surface area (Å²) in [6, 6.07) is 33.0. The quantitative estimate of drug-likeness (QED) is 0.0123. The zero-order chi connectivity index (χ0) is 62.4. The van der Waals surface area contributed by atoms with Crippen LogP contribution in [0.25, 0.3) is 77.7 Å². The number of rotatable bonds is 18. The van der Waals surface area contributed by atoms with E-state index < -0.39 is 0 Å². The number of aliphatic hydroxyl groups excluding tert-OH is 2. The largest absolute Gasteiger partial charge is 4.00 e. The van der Waals surface area contributed by atoms with E-state index in [2.05, 4.69) is 206 Å². The molecule has 0 saturated heterocycles. The summed E-state index contributed by atoms with van der Waals surface area (Å²) in [6.07, 6.45) is 27.9. The number of likely N-dealkylation sites (N-methyl/N-ethyl adjacent to an activating group) is 2. The van der Waals surface area contributed by atoms with Gasteiger partial charge in [-0.2, -0.15) is 0 Å². The molecule has 15 heteroatoms. The van der Waals surface area contributed by atoms with Gasteiger partial charge in [-0.3, -0.25) is 19.8 Å². The van der Waals surface area contributed by atoms with Crippen molar-refractivity contribution in [3.8, 4) is 44.9 Å². The summed E-state index contributed by atoms with van der Waals surface area (Å²) in [5.74, 6) is 1.40. The summed E-state index contributed by atoms with van der Waals surface area (Å²) in [4.78, 5) is 13.6. The van der Waals surface area contributed by atoms with Gasteiger partial charge in [-0.05, 0) is 153 Å². The Morgan fingerprint density at radius 3 is 1.25 bits per heavy atom. The first-order valence-corrected chi connectivity index (χ1v) is 30.2. The van der Waals surface area contributed by atoms with Crippen molar-refractivity contribution >= 4 is 45.1 Å². The Morgan fingerprint density at radius 2 is 0.901 bits per heavy atom. The topological polar surface area (TPSA) is 178 Å². The first-order valence-electron chi connectivity index (χ1n) is 30.2. The zero-order valence-corrected chi connectivity index (χ0v) is 56.2. The van der Waals surface area contributed by atoms with Crippen LogP contribution in [-0.4, -0.2) is 98.3 Å². The Hall–Kier alpha value is -9.24. The van der Waals surface area contributed by atoms with Crippen LogP contribution in [0.5, 0.6) is 0 Å². The first-order chi connectivity index (χ1) is 42.6. The van der Waals surface area contributed by atoms with E-state index in [-0.39, 0.29) is 43.7 Å². The Morgan fingerprint density at radius 1 is 0.527 bits per heavy atom. The van der Waals surface area contributed by atoms with Crippen LogP contribution in [0.2, 0.25) is 0 Å². The molecule has 0 amide bonds. The van der Waals surface area contributed by atoms with Gasteiger partial charge in [-0.25, -0.2) is 10.2 Å². The fourth-order valence-corrected chi connectivity index (χ4v) is 10.9. The molecule has 2 heterocycles. The number of nitrogens with zero attached hydrogens (tertiary/aromatic N) is 6. The first kappa shape index (κ1) is 70.8.